The average Bonchev–Trinajstić information content (AvgIpc) is 2.76. The molecule has 1 fully saturated rings. The van der Waals surface area contributed by atoms with Crippen molar-refractivity contribution in [1.29, 1.82) is 0 Å². The third kappa shape index (κ3) is 6.89. The van der Waals surface area contributed by atoms with E-state index in [1.807, 2.05) is 0 Å². The molecule has 7 N–H and O–H groups in total. The standard InChI is InChI=1S/C20H30FNO9/c1-2-13(24)16(26)12(22-15(25)7-10-3-5-11(21)6-4-10)9-30-20-19(29)18(28)17(27)14(8-23)31-20/h3-6,12-14,16-20,23-24,26-29H,2,7-9H2,1H3,(H,22,25)/t12-,13+,14?,16-,17+,18-,19?,20-/m0/s1. The zero-order valence-electron chi connectivity index (χ0n) is 17.0. The van der Waals surface area contributed by atoms with Crippen LogP contribution in [-0.4, -0.2) is 98.7 Å². The highest BCUT2D eigenvalue weighted by molar-refractivity contribution is 5.78. The molecule has 1 aromatic rings. The molecule has 0 aliphatic carbocycles. The van der Waals surface area contributed by atoms with Crippen LogP contribution in [0.4, 0.5) is 4.39 Å². The molecule has 1 amide bonds. The number of benzene rings is 1. The second-order valence-corrected chi connectivity index (χ2v) is 7.47. The predicted octanol–water partition coefficient (Wildman–Crippen LogP) is -2.20. The highest BCUT2D eigenvalue weighted by atomic mass is 19.1. The topological polar surface area (TPSA) is 169 Å². The van der Waals surface area contributed by atoms with Gasteiger partial charge in [-0.3, -0.25) is 4.79 Å². The highest BCUT2D eigenvalue weighted by Gasteiger charge is 2.44. The first-order valence-electron chi connectivity index (χ1n) is 10.00. The summed E-state index contributed by atoms with van der Waals surface area (Å²) >= 11 is 0. The van der Waals surface area contributed by atoms with E-state index in [0.717, 1.165) is 0 Å². The Morgan fingerprint density at radius 1 is 1.16 bits per heavy atom. The van der Waals surface area contributed by atoms with Crippen LogP contribution in [0, 0.1) is 5.82 Å². The Labute approximate surface area is 178 Å². The number of hydrogen-bond donors (Lipinski definition) is 7. The number of ether oxygens (including phenoxy) is 2. The lowest BCUT2D eigenvalue weighted by molar-refractivity contribution is -0.303. The van der Waals surface area contributed by atoms with Crippen LogP contribution in [0.5, 0.6) is 0 Å². The molecule has 0 aromatic heterocycles. The molecular weight excluding hydrogens is 417 g/mol. The van der Waals surface area contributed by atoms with E-state index in [-0.39, 0.29) is 12.8 Å². The van der Waals surface area contributed by atoms with Crippen LogP contribution in [0.25, 0.3) is 0 Å². The number of carbonyl (C=O) groups excluding carboxylic acids is 1. The minimum atomic E-state index is -1.65. The van der Waals surface area contributed by atoms with E-state index in [4.69, 9.17) is 9.47 Å². The summed E-state index contributed by atoms with van der Waals surface area (Å²) in [6.07, 6.45) is -10.0. The first-order valence-corrected chi connectivity index (χ1v) is 10.00. The van der Waals surface area contributed by atoms with Crippen LogP contribution in [0.3, 0.4) is 0 Å². The van der Waals surface area contributed by atoms with Crippen molar-refractivity contribution >= 4 is 5.91 Å². The summed E-state index contributed by atoms with van der Waals surface area (Å²) in [5.41, 5.74) is 0.526. The van der Waals surface area contributed by atoms with Crippen LogP contribution in [0.1, 0.15) is 18.9 Å². The Morgan fingerprint density at radius 2 is 1.81 bits per heavy atom. The summed E-state index contributed by atoms with van der Waals surface area (Å²) in [5.74, 6) is -0.979. The summed E-state index contributed by atoms with van der Waals surface area (Å²) in [7, 11) is 0. The van der Waals surface area contributed by atoms with Gasteiger partial charge in [0.25, 0.3) is 0 Å². The van der Waals surface area contributed by atoms with Crippen molar-refractivity contribution in [2.75, 3.05) is 13.2 Å². The SMILES string of the molecule is CC[C@@H](O)[C@@H](O)[C@H](CO[C@H]1OC(CO)[C@@H](O)[C@H](O)C1O)NC(=O)Cc1ccc(F)cc1. The van der Waals surface area contributed by atoms with Crippen LogP contribution >= 0.6 is 0 Å². The minimum absolute atomic E-state index is 0.119. The number of aliphatic hydroxyl groups is 6. The second kappa shape index (κ2) is 11.8. The fourth-order valence-electron chi connectivity index (χ4n) is 3.18. The van der Waals surface area contributed by atoms with E-state index in [1.54, 1.807) is 6.92 Å². The zero-order valence-corrected chi connectivity index (χ0v) is 17.0. The van der Waals surface area contributed by atoms with Gasteiger partial charge in [0.05, 0.1) is 31.8 Å². The van der Waals surface area contributed by atoms with Gasteiger partial charge in [0.15, 0.2) is 6.29 Å². The Balaban J connectivity index is 2.03. The van der Waals surface area contributed by atoms with Crippen molar-refractivity contribution in [3.8, 4) is 0 Å². The molecule has 0 spiro atoms. The van der Waals surface area contributed by atoms with Gasteiger partial charge in [0.2, 0.25) is 5.91 Å². The van der Waals surface area contributed by atoms with Crippen molar-refractivity contribution < 1.29 is 49.3 Å². The monoisotopic (exact) mass is 447 g/mol. The van der Waals surface area contributed by atoms with Gasteiger partial charge in [-0.25, -0.2) is 4.39 Å². The first kappa shape index (κ1) is 25.6. The lowest BCUT2D eigenvalue weighted by Gasteiger charge is -2.40. The predicted molar refractivity (Wildman–Crippen MR) is 104 cm³/mol. The Kier molecular flexibility index (Phi) is 9.72. The fraction of sp³-hybridized carbons (Fsp3) is 0.650. The normalized spacial score (nSPS) is 29.2. The van der Waals surface area contributed by atoms with Crippen molar-refractivity contribution in [3.63, 3.8) is 0 Å². The van der Waals surface area contributed by atoms with Crippen molar-refractivity contribution in [3.05, 3.63) is 35.6 Å². The Morgan fingerprint density at radius 3 is 2.39 bits per heavy atom. The van der Waals surface area contributed by atoms with Crippen LogP contribution in [0.15, 0.2) is 24.3 Å². The van der Waals surface area contributed by atoms with Crippen LogP contribution in [0.2, 0.25) is 0 Å². The van der Waals surface area contributed by atoms with Gasteiger partial charge in [-0.2, -0.15) is 0 Å². The molecule has 1 aromatic carbocycles. The van der Waals surface area contributed by atoms with Gasteiger partial charge in [0, 0.05) is 0 Å². The van der Waals surface area contributed by atoms with E-state index < -0.39 is 73.9 Å². The van der Waals surface area contributed by atoms with Gasteiger partial charge in [0.1, 0.15) is 36.3 Å². The van der Waals surface area contributed by atoms with E-state index in [9.17, 15) is 39.8 Å². The summed E-state index contributed by atoms with van der Waals surface area (Å²) in [4.78, 5) is 12.4. The molecule has 1 saturated heterocycles. The van der Waals surface area contributed by atoms with Crippen LogP contribution < -0.4 is 5.32 Å². The molecule has 2 unspecified atom stereocenters. The van der Waals surface area contributed by atoms with Gasteiger partial charge >= 0.3 is 0 Å². The maximum absolute atomic E-state index is 13.0. The molecule has 1 heterocycles. The molecule has 10 nitrogen and oxygen atoms in total. The third-order valence-electron chi connectivity index (χ3n) is 5.14. The third-order valence-corrected chi connectivity index (χ3v) is 5.14. The maximum atomic E-state index is 13.0. The van der Waals surface area contributed by atoms with Crippen molar-refractivity contribution in [1.82, 2.24) is 5.32 Å². The van der Waals surface area contributed by atoms with Gasteiger partial charge in [-0.05, 0) is 24.1 Å². The van der Waals surface area contributed by atoms with E-state index in [1.165, 1.54) is 24.3 Å². The van der Waals surface area contributed by atoms with Crippen molar-refractivity contribution in [2.24, 2.45) is 0 Å². The van der Waals surface area contributed by atoms with E-state index >= 15 is 0 Å². The zero-order chi connectivity index (χ0) is 23.1. The Hall–Kier alpha value is -1.70. The van der Waals surface area contributed by atoms with Gasteiger partial charge in [-0.15, -0.1) is 0 Å². The van der Waals surface area contributed by atoms with Gasteiger partial charge in [-0.1, -0.05) is 19.1 Å². The molecule has 176 valence electrons. The number of aliphatic hydroxyl groups excluding tert-OH is 6. The number of halogens is 1. The molecule has 0 radical (unpaired) electrons. The number of amides is 1. The molecule has 11 heteroatoms. The average molecular weight is 447 g/mol. The second-order valence-electron chi connectivity index (χ2n) is 7.47. The molecule has 2 rings (SSSR count). The largest absolute Gasteiger partial charge is 0.394 e. The lowest BCUT2D eigenvalue weighted by Crippen LogP contribution is -2.60. The number of carbonyl (C=O) groups is 1. The first-order chi connectivity index (χ1) is 14.7. The molecule has 1 aliphatic rings. The van der Waals surface area contributed by atoms with E-state index in [0.29, 0.717) is 5.56 Å². The fourth-order valence-corrected chi connectivity index (χ4v) is 3.18. The molecule has 8 atom stereocenters. The quantitative estimate of drug-likeness (QED) is 0.210. The smallest absolute Gasteiger partial charge is 0.224 e. The minimum Gasteiger partial charge on any atom is -0.394 e. The molecule has 0 bridgehead atoms. The highest BCUT2D eigenvalue weighted by Crippen LogP contribution is 2.22. The maximum Gasteiger partial charge on any atom is 0.224 e. The van der Waals surface area contributed by atoms with Gasteiger partial charge < -0.3 is 45.4 Å². The summed E-state index contributed by atoms with van der Waals surface area (Å²) in [6.45, 7) is 0.569. The van der Waals surface area contributed by atoms with Crippen LogP contribution in [-0.2, 0) is 20.7 Å². The van der Waals surface area contributed by atoms with E-state index in [2.05, 4.69) is 5.32 Å². The lowest BCUT2D eigenvalue weighted by atomic mass is 9.99. The van der Waals surface area contributed by atoms with Crippen molar-refractivity contribution in [2.45, 2.75) is 68.7 Å². The number of hydrogen-bond acceptors (Lipinski definition) is 9. The molecular formula is C20H30FNO9. The Bertz CT molecular complexity index is 690. The summed E-state index contributed by atoms with van der Waals surface area (Å²) in [5, 5.41) is 61.9. The summed E-state index contributed by atoms with van der Waals surface area (Å²) in [6, 6.07) is 4.17. The number of rotatable bonds is 10. The molecule has 0 saturated carbocycles. The molecule has 1 aliphatic heterocycles. The summed E-state index contributed by atoms with van der Waals surface area (Å²) < 4.78 is 23.7. The number of nitrogens with one attached hydrogen (secondary N) is 1. The molecule has 31 heavy (non-hydrogen) atoms.